The Bertz CT molecular complexity index is 2290. The van der Waals surface area contributed by atoms with Gasteiger partial charge in [0.2, 0.25) is 65.0 Å². The number of carboxylic acid groups (broad SMARTS) is 1. The summed E-state index contributed by atoms with van der Waals surface area (Å²) in [6.07, 6.45) is 0.345. The molecule has 0 aliphatic carbocycles. The molecule has 442 valence electrons. The minimum atomic E-state index is -1.72. The number of hydrogen-bond acceptors (Lipinski definition) is 16. The lowest BCUT2D eigenvalue weighted by Gasteiger charge is -2.32. The van der Waals surface area contributed by atoms with Crippen LogP contribution in [-0.4, -0.2) is 208 Å². The topological polar surface area (TPSA) is 534 Å². The molecule has 0 aromatic heterocycles. The number of nitrogens with one attached hydrogen (secondary N) is 6. The van der Waals surface area contributed by atoms with E-state index in [4.69, 9.17) is 40.1 Å². The van der Waals surface area contributed by atoms with E-state index in [0.29, 0.717) is 12.8 Å². The highest BCUT2D eigenvalue weighted by Gasteiger charge is 2.43. The number of carbonyl (C=O) groups is 12. The molecule has 3 heterocycles. The molecule has 11 amide bonds. The number of amides is 11. The monoisotopic (exact) mass is 1120 g/mol. The summed E-state index contributed by atoms with van der Waals surface area (Å²) in [6, 6.07) is -13.3. The number of rotatable bonds is 31. The molecule has 32 nitrogen and oxygen atoms in total. The molecule has 3 fully saturated rings. The molecule has 3 unspecified atom stereocenters. The van der Waals surface area contributed by atoms with Crippen LogP contribution < -0.4 is 72.0 Å². The smallest absolute Gasteiger partial charge is 0.326 e. The molecule has 79 heavy (non-hydrogen) atoms. The van der Waals surface area contributed by atoms with E-state index >= 15 is 0 Å². The molecular formula is C47H80N18O14. The van der Waals surface area contributed by atoms with Gasteiger partial charge in [0.15, 0.2) is 11.9 Å². The lowest BCUT2D eigenvalue weighted by molar-refractivity contribution is -0.149. The fourth-order valence-corrected chi connectivity index (χ4v) is 9.32. The van der Waals surface area contributed by atoms with Crippen molar-refractivity contribution in [3.8, 4) is 0 Å². The number of carbonyl (C=O) groups excluding carboxylic acids is 11. The van der Waals surface area contributed by atoms with Crippen molar-refractivity contribution in [1.82, 2.24) is 46.6 Å². The minimum absolute atomic E-state index is 0.00646. The number of nitrogens with zero attached hydrogens (tertiary/aromatic N) is 5. The third kappa shape index (κ3) is 20.1. The summed E-state index contributed by atoms with van der Waals surface area (Å²) in [6.45, 7) is 3.90. The summed E-state index contributed by atoms with van der Waals surface area (Å²) in [5.74, 6) is -11.5. The molecule has 3 aliphatic rings. The SMILES string of the molecule is CC(C)C(NC(=O)[C@@H](N)CCC(N)=O)C(=O)N1CCC[C@H]1C(=O)NC(CO)C(=O)NC(CCCN=C(N)N)C(=O)N1CCC[C@H]1C(=O)N[C@@H](CC(N)=O)C(=O)N[C@@H](CCCN=C(N)N)C(=O)N[C@@H](C)C(=O)N1CCC[C@H]1C(=O)O. The number of aliphatic hydroxyl groups is 1. The molecule has 32 heteroatoms. The molecular weight excluding hydrogens is 1040 g/mol. The molecule has 3 saturated heterocycles. The van der Waals surface area contributed by atoms with Gasteiger partial charge in [-0.3, -0.25) is 62.7 Å². The van der Waals surface area contributed by atoms with Crippen molar-refractivity contribution in [1.29, 1.82) is 0 Å². The number of aliphatic imine (C=N–C) groups is 2. The Hall–Kier alpha value is -7.90. The van der Waals surface area contributed by atoms with Crippen LogP contribution >= 0.6 is 0 Å². The van der Waals surface area contributed by atoms with E-state index in [1.165, 1.54) is 11.8 Å². The van der Waals surface area contributed by atoms with Gasteiger partial charge in [-0.2, -0.15) is 0 Å². The van der Waals surface area contributed by atoms with Gasteiger partial charge >= 0.3 is 5.97 Å². The molecule has 0 aromatic carbocycles. The first-order valence-corrected chi connectivity index (χ1v) is 26.2. The lowest BCUT2D eigenvalue weighted by atomic mass is 10.0. The van der Waals surface area contributed by atoms with E-state index in [1.807, 2.05) is 0 Å². The highest BCUT2D eigenvalue weighted by molar-refractivity contribution is 6.00. The van der Waals surface area contributed by atoms with Gasteiger partial charge in [0.1, 0.15) is 54.4 Å². The molecule has 10 atom stereocenters. The Labute approximate surface area is 456 Å². The van der Waals surface area contributed by atoms with Crippen LogP contribution in [0.2, 0.25) is 0 Å². The second kappa shape index (κ2) is 31.5. The highest BCUT2D eigenvalue weighted by Crippen LogP contribution is 2.23. The van der Waals surface area contributed by atoms with Gasteiger partial charge in [-0.05, 0) is 83.5 Å². The van der Waals surface area contributed by atoms with Gasteiger partial charge in [-0.15, -0.1) is 0 Å². The summed E-state index contributed by atoms with van der Waals surface area (Å²) >= 11 is 0. The number of hydrogen-bond donors (Lipinski definition) is 15. The predicted molar refractivity (Wildman–Crippen MR) is 281 cm³/mol. The first kappa shape index (κ1) is 65.4. The number of nitrogens with two attached hydrogens (primary N) is 7. The van der Waals surface area contributed by atoms with Crippen LogP contribution in [0.1, 0.15) is 104 Å². The Balaban J connectivity index is 1.81. The van der Waals surface area contributed by atoms with Crippen molar-refractivity contribution in [2.75, 3.05) is 39.3 Å². The van der Waals surface area contributed by atoms with Gasteiger partial charge in [0.05, 0.1) is 19.1 Å². The van der Waals surface area contributed by atoms with E-state index < -0.39 is 150 Å². The summed E-state index contributed by atoms with van der Waals surface area (Å²) in [5, 5.41) is 35.0. The van der Waals surface area contributed by atoms with Gasteiger partial charge < -0.3 is 96.9 Å². The fourth-order valence-electron chi connectivity index (χ4n) is 9.32. The van der Waals surface area contributed by atoms with Crippen molar-refractivity contribution in [2.45, 2.75) is 165 Å². The van der Waals surface area contributed by atoms with Crippen LogP contribution in [0.3, 0.4) is 0 Å². The fraction of sp³-hybridized carbons (Fsp3) is 0.702. The zero-order valence-corrected chi connectivity index (χ0v) is 44.9. The van der Waals surface area contributed by atoms with Crippen LogP contribution in [0.15, 0.2) is 9.98 Å². The average Bonchev–Trinajstić information content (AvgIpc) is 4.21. The number of aliphatic carboxylic acids is 1. The van der Waals surface area contributed by atoms with Gasteiger partial charge in [0, 0.05) is 39.1 Å². The van der Waals surface area contributed by atoms with Crippen molar-refractivity contribution < 1.29 is 67.7 Å². The molecule has 0 radical (unpaired) electrons. The van der Waals surface area contributed by atoms with E-state index in [0.717, 1.165) is 9.80 Å². The maximum atomic E-state index is 14.5. The van der Waals surface area contributed by atoms with Crippen molar-refractivity contribution in [2.24, 2.45) is 56.0 Å². The summed E-state index contributed by atoms with van der Waals surface area (Å²) < 4.78 is 0. The molecule has 0 saturated carbocycles. The Morgan fingerprint density at radius 3 is 1.47 bits per heavy atom. The second-order valence-electron chi connectivity index (χ2n) is 20.0. The van der Waals surface area contributed by atoms with Crippen molar-refractivity contribution >= 4 is 82.9 Å². The van der Waals surface area contributed by atoms with Crippen molar-refractivity contribution in [3.63, 3.8) is 0 Å². The Morgan fingerprint density at radius 1 is 0.532 bits per heavy atom. The third-order valence-corrected chi connectivity index (χ3v) is 13.5. The molecule has 0 spiro atoms. The summed E-state index contributed by atoms with van der Waals surface area (Å²) in [5.41, 5.74) is 38.5. The molecule has 3 aliphatic heterocycles. The summed E-state index contributed by atoms with van der Waals surface area (Å²) in [4.78, 5) is 171. The van der Waals surface area contributed by atoms with Gasteiger partial charge in [0.25, 0.3) is 0 Å². The lowest BCUT2D eigenvalue weighted by Crippen LogP contribution is -2.61. The third-order valence-electron chi connectivity index (χ3n) is 13.5. The minimum Gasteiger partial charge on any atom is -0.480 e. The normalized spacial score (nSPS) is 19.5. The molecule has 3 rings (SSSR count). The number of guanidine groups is 2. The number of likely N-dealkylation sites (tertiary alicyclic amines) is 3. The number of aliphatic hydroxyl groups excluding tert-OH is 1. The maximum absolute atomic E-state index is 14.5. The predicted octanol–water partition coefficient (Wildman–Crippen LogP) is -7.80. The average molecular weight is 1120 g/mol. The van der Waals surface area contributed by atoms with Crippen LogP contribution in [0.25, 0.3) is 0 Å². The van der Waals surface area contributed by atoms with E-state index in [9.17, 15) is 67.7 Å². The zero-order valence-electron chi connectivity index (χ0n) is 44.9. The van der Waals surface area contributed by atoms with E-state index in [-0.39, 0.29) is 109 Å². The van der Waals surface area contributed by atoms with Crippen LogP contribution in [0, 0.1) is 5.92 Å². The summed E-state index contributed by atoms with van der Waals surface area (Å²) in [7, 11) is 0. The van der Waals surface area contributed by atoms with E-state index in [1.54, 1.807) is 13.8 Å². The van der Waals surface area contributed by atoms with Crippen molar-refractivity contribution in [3.05, 3.63) is 0 Å². The van der Waals surface area contributed by atoms with E-state index in [2.05, 4.69) is 41.9 Å². The zero-order chi connectivity index (χ0) is 59.3. The highest BCUT2D eigenvalue weighted by atomic mass is 16.4. The number of primary amides is 2. The largest absolute Gasteiger partial charge is 0.480 e. The molecule has 0 bridgehead atoms. The van der Waals surface area contributed by atoms with Crippen LogP contribution in [0.5, 0.6) is 0 Å². The van der Waals surface area contributed by atoms with Crippen LogP contribution in [-0.2, 0) is 57.5 Å². The Kier molecular flexibility index (Phi) is 26.1. The Morgan fingerprint density at radius 2 is 0.987 bits per heavy atom. The molecule has 22 N–H and O–H groups in total. The first-order valence-electron chi connectivity index (χ1n) is 26.2. The maximum Gasteiger partial charge on any atom is 0.326 e. The standard InChI is InChI=1S/C47H80N18O14/c1-23(2)35(62-36(69)25(48)14-15-33(49)67)44(77)64-19-7-12-31(64)41(74)61-29(22-66)39(72)59-27(10-5-17-56-47(53)54)43(76)63-18-6-11-30(63)40(73)60-28(21-34(50)68)38(71)58-26(9-4-16-55-46(51)52)37(70)57-24(3)42(75)65-20-8-13-32(65)45(78)79/h23-32,35,66H,4-22,48H2,1-3H3,(H2,49,67)(H2,50,68)(H,57,70)(H,58,71)(H,59,72)(H,60,73)(H,61,74)(H,62,69)(H,78,79)(H4,51,52,55)(H4,53,54,56)/t24-,25-,26-,27?,28-,29?,30-,31-,32-,35?/m0/s1. The van der Waals surface area contributed by atoms with Gasteiger partial charge in [-0.1, -0.05) is 13.8 Å². The first-order chi connectivity index (χ1) is 37.2. The van der Waals surface area contributed by atoms with Gasteiger partial charge in [-0.25, -0.2) is 4.79 Å². The quantitative estimate of drug-likeness (QED) is 0.0174. The number of carboxylic acids is 1. The molecule has 0 aromatic rings. The van der Waals surface area contributed by atoms with Crippen LogP contribution in [0.4, 0.5) is 0 Å². The second-order valence-corrected chi connectivity index (χ2v) is 20.0.